The quantitative estimate of drug-likeness (QED) is 0.740. The lowest BCUT2D eigenvalue weighted by Gasteiger charge is -2.32. The SMILES string of the molecule is O=C(c1cc(C(F)F)cc(C(F)(F)F)c1)N1CCC(C2=NOCC2)CC1. The van der Waals surface area contributed by atoms with Gasteiger partial charge >= 0.3 is 6.18 Å². The summed E-state index contributed by atoms with van der Waals surface area (Å²) >= 11 is 0. The summed E-state index contributed by atoms with van der Waals surface area (Å²) in [7, 11) is 0. The monoisotopic (exact) mass is 376 g/mol. The highest BCUT2D eigenvalue weighted by atomic mass is 19.4. The van der Waals surface area contributed by atoms with Gasteiger partial charge in [0.05, 0.1) is 11.3 Å². The van der Waals surface area contributed by atoms with Crippen molar-refractivity contribution in [1.82, 2.24) is 4.90 Å². The number of rotatable bonds is 3. The topological polar surface area (TPSA) is 41.9 Å². The van der Waals surface area contributed by atoms with E-state index < -0.39 is 29.6 Å². The van der Waals surface area contributed by atoms with Crippen molar-refractivity contribution in [2.24, 2.45) is 11.1 Å². The Kier molecular flexibility index (Phi) is 5.15. The third-order valence-electron chi connectivity index (χ3n) is 4.67. The second-order valence-corrected chi connectivity index (χ2v) is 6.37. The number of carbonyl (C=O) groups excluding carboxylic acids is 1. The van der Waals surface area contributed by atoms with Crippen LogP contribution in [0.4, 0.5) is 22.0 Å². The fourth-order valence-corrected chi connectivity index (χ4v) is 3.27. The van der Waals surface area contributed by atoms with E-state index in [2.05, 4.69) is 5.16 Å². The Balaban J connectivity index is 1.76. The van der Waals surface area contributed by atoms with Gasteiger partial charge in [0.1, 0.15) is 6.61 Å². The van der Waals surface area contributed by atoms with E-state index in [0.717, 1.165) is 18.2 Å². The molecule has 1 aromatic carbocycles. The van der Waals surface area contributed by atoms with Crippen LogP contribution in [0.25, 0.3) is 0 Å². The van der Waals surface area contributed by atoms with Crippen molar-refractivity contribution in [1.29, 1.82) is 0 Å². The Morgan fingerprint density at radius 3 is 2.42 bits per heavy atom. The number of alkyl halides is 5. The van der Waals surface area contributed by atoms with Crippen molar-refractivity contribution < 1.29 is 31.6 Å². The molecule has 142 valence electrons. The van der Waals surface area contributed by atoms with Crippen LogP contribution < -0.4 is 0 Å². The van der Waals surface area contributed by atoms with E-state index >= 15 is 0 Å². The van der Waals surface area contributed by atoms with Crippen LogP contribution in [0.2, 0.25) is 0 Å². The lowest BCUT2D eigenvalue weighted by atomic mass is 9.90. The summed E-state index contributed by atoms with van der Waals surface area (Å²) in [5.74, 6) is -0.485. The number of likely N-dealkylation sites (tertiary alicyclic amines) is 1. The van der Waals surface area contributed by atoms with E-state index in [1.54, 1.807) is 0 Å². The number of hydrogen-bond donors (Lipinski definition) is 0. The van der Waals surface area contributed by atoms with Crippen LogP contribution in [0.3, 0.4) is 0 Å². The fraction of sp³-hybridized carbons (Fsp3) is 0.529. The molecule has 0 bridgehead atoms. The molecule has 1 amide bonds. The number of piperidine rings is 1. The average Bonchev–Trinajstić information content (AvgIpc) is 3.14. The molecular weight excluding hydrogens is 359 g/mol. The van der Waals surface area contributed by atoms with Gasteiger partial charge in [0, 0.05) is 36.6 Å². The van der Waals surface area contributed by atoms with Crippen LogP contribution in [0.15, 0.2) is 23.4 Å². The van der Waals surface area contributed by atoms with Crippen molar-refractivity contribution >= 4 is 11.6 Å². The lowest BCUT2D eigenvalue weighted by Crippen LogP contribution is -2.40. The molecule has 1 aromatic rings. The summed E-state index contributed by atoms with van der Waals surface area (Å²) in [6.45, 7) is 1.21. The van der Waals surface area contributed by atoms with E-state index in [9.17, 15) is 26.7 Å². The molecule has 0 radical (unpaired) electrons. The van der Waals surface area contributed by atoms with Gasteiger partial charge in [-0.15, -0.1) is 0 Å². The van der Waals surface area contributed by atoms with E-state index in [0.29, 0.717) is 44.7 Å². The summed E-state index contributed by atoms with van der Waals surface area (Å²) in [5.41, 5.74) is -1.48. The van der Waals surface area contributed by atoms with Crippen molar-refractivity contribution in [3.8, 4) is 0 Å². The molecule has 3 rings (SSSR count). The van der Waals surface area contributed by atoms with E-state index in [-0.39, 0.29) is 11.5 Å². The summed E-state index contributed by atoms with van der Waals surface area (Å²) in [4.78, 5) is 18.9. The normalized spacial score (nSPS) is 18.8. The van der Waals surface area contributed by atoms with Gasteiger partial charge in [-0.05, 0) is 31.0 Å². The highest BCUT2D eigenvalue weighted by molar-refractivity contribution is 5.95. The smallest absolute Gasteiger partial charge is 0.395 e. The van der Waals surface area contributed by atoms with Crippen molar-refractivity contribution in [2.45, 2.75) is 31.9 Å². The van der Waals surface area contributed by atoms with Gasteiger partial charge in [0.2, 0.25) is 0 Å². The Bertz CT molecular complexity index is 710. The average molecular weight is 376 g/mol. The third-order valence-corrected chi connectivity index (χ3v) is 4.67. The fourth-order valence-electron chi connectivity index (χ4n) is 3.27. The summed E-state index contributed by atoms with van der Waals surface area (Å²) in [6.07, 6.45) is -5.91. The zero-order chi connectivity index (χ0) is 18.9. The molecule has 9 heteroatoms. The van der Waals surface area contributed by atoms with Gasteiger partial charge < -0.3 is 9.74 Å². The first-order valence-corrected chi connectivity index (χ1v) is 8.24. The molecule has 0 saturated carbocycles. The number of halogens is 5. The molecule has 1 fully saturated rings. The minimum Gasteiger partial charge on any atom is -0.395 e. The number of oxime groups is 1. The second-order valence-electron chi connectivity index (χ2n) is 6.37. The van der Waals surface area contributed by atoms with Gasteiger partial charge in [-0.3, -0.25) is 4.79 Å². The number of carbonyl (C=O) groups is 1. The number of hydrogen-bond acceptors (Lipinski definition) is 3. The molecule has 2 aliphatic rings. The molecule has 0 aromatic heterocycles. The zero-order valence-electron chi connectivity index (χ0n) is 13.7. The third kappa shape index (κ3) is 3.96. The summed E-state index contributed by atoms with van der Waals surface area (Å²) in [6, 6.07) is 1.85. The minimum absolute atomic E-state index is 0.180. The van der Waals surface area contributed by atoms with Crippen molar-refractivity contribution in [3.63, 3.8) is 0 Å². The van der Waals surface area contributed by atoms with Crippen LogP contribution in [-0.2, 0) is 11.0 Å². The molecule has 0 spiro atoms. The van der Waals surface area contributed by atoms with Crippen LogP contribution in [0, 0.1) is 5.92 Å². The first kappa shape index (κ1) is 18.6. The molecule has 26 heavy (non-hydrogen) atoms. The molecule has 1 saturated heterocycles. The first-order chi connectivity index (χ1) is 12.3. The predicted octanol–water partition coefficient (Wildman–Crippen LogP) is 4.27. The van der Waals surface area contributed by atoms with Gasteiger partial charge in [-0.2, -0.15) is 13.2 Å². The Labute approximate surface area is 146 Å². The van der Waals surface area contributed by atoms with Crippen molar-refractivity contribution in [2.75, 3.05) is 19.7 Å². The maximum atomic E-state index is 12.9. The Hall–Kier alpha value is -2.19. The van der Waals surface area contributed by atoms with E-state index in [1.165, 1.54) is 4.90 Å². The molecule has 2 heterocycles. The molecular formula is C17H17F5N2O2. The van der Waals surface area contributed by atoms with Gasteiger partial charge in [0.25, 0.3) is 12.3 Å². The summed E-state index contributed by atoms with van der Waals surface area (Å²) in [5, 5.41) is 3.96. The highest BCUT2D eigenvalue weighted by Crippen LogP contribution is 2.34. The summed E-state index contributed by atoms with van der Waals surface area (Å²) < 4.78 is 64.7. The molecule has 2 aliphatic heterocycles. The minimum atomic E-state index is -4.80. The lowest BCUT2D eigenvalue weighted by molar-refractivity contribution is -0.137. The zero-order valence-corrected chi connectivity index (χ0v) is 13.7. The second kappa shape index (κ2) is 7.20. The molecule has 0 aliphatic carbocycles. The van der Waals surface area contributed by atoms with Crippen LogP contribution in [0.1, 0.15) is 47.2 Å². The number of benzene rings is 1. The number of nitrogens with zero attached hydrogens (tertiary/aromatic N) is 2. The first-order valence-electron chi connectivity index (χ1n) is 8.24. The largest absolute Gasteiger partial charge is 0.416 e. The van der Waals surface area contributed by atoms with Gasteiger partial charge in [-0.25, -0.2) is 8.78 Å². The van der Waals surface area contributed by atoms with Crippen LogP contribution in [-0.4, -0.2) is 36.2 Å². The van der Waals surface area contributed by atoms with Crippen LogP contribution >= 0.6 is 0 Å². The maximum absolute atomic E-state index is 12.9. The van der Waals surface area contributed by atoms with Crippen molar-refractivity contribution in [3.05, 3.63) is 34.9 Å². The molecule has 0 N–H and O–H groups in total. The molecule has 0 atom stereocenters. The van der Waals surface area contributed by atoms with Gasteiger partial charge in [0.15, 0.2) is 0 Å². The Morgan fingerprint density at radius 2 is 1.88 bits per heavy atom. The van der Waals surface area contributed by atoms with E-state index in [1.807, 2.05) is 0 Å². The molecule has 0 unspecified atom stereocenters. The predicted molar refractivity (Wildman–Crippen MR) is 83.0 cm³/mol. The highest BCUT2D eigenvalue weighted by Gasteiger charge is 2.34. The van der Waals surface area contributed by atoms with E-state index in [4.69, 9.17) is 4.84 Å². The van der Waals surface area contributed by atoms with Crippen LogP contribution in [0.5, 0.6) is 0 Å². The molecule has 4 nitrogen and oxygen atoms in total. The Morgan fingerprint density at radius 1 is 1.19 bits per heavy atom. The van der Waals surface area contributed by atoms with Gasteiger partial charge in [-0.1, -0.05) is 5.16 Å². The number of amides is 1. The standard InChI is InChI=1S/C17H17F5N2O2/c18-15(19)11-7-12(9-13(8-11)17(20,21)22)16(25)24-4-1-10(2-5-24)14-3-6-26-23-14/h7-10,15H,1-6H2. The maximum Gasteiger partial charge on any atom is 0.416 e.